The number of hydrogen-bond donors (Lipinski definition) is 2. The van der Waals surface area contributed by atoms with E-state index < -0.39 is 0 Å². The Balaban J connectivity index is 1.60. The molecule has 0 saturated carbocycles. The second-order valence-electron chi connectivity index (χ2n) is 8.47. The summed E-state index contributed by atoms with van der Waals surface area (Å²) in [6.07, 6.45) is 3.38. The molecule has 3 aromatic rings. The van der Waals surface area contributed by atoms with Crippen LogP contribution in [-0.2, 0) is 0 Å². The number of hydrogen-bond acceptors (Lipinski definition) is 3. The van der Waals surface area contributed by atoms with Gasteiger partial charge in [0.2, 0.25) is 0 Å². The van der Waals surface area contributed by atoms with Gasteiger partial charge < -0.3 is 15.5 Å². The summed E-state index contributed by atoms with van der Waals surface area (Å²) in [4.78, 5) is 28.4. The lowest BCUT2D eigenvalue weighted by Crippen LogP contribution is -2.33. The van der Waals surface area contributed by atoms with Gasteiger partial charge in [-0.2, -0.15) is 0 Å². The lowest BCUT2D eigenvalue weighted by Gasteiger charge is -2.31. The molecule has 1 heterocycles. The molecule has 34 heavy (non-hydrogen) atoms. The van der Waals surface area contributed by atoms with Gasteiger partial charge in [-0.15, -0.1) is 0 Å². The molecule has 0 radical (unpaired) electrons. The molecule has 1 fully saturated rings. The number of benzene rings is 3. The second kappa shape index (κ2) is 10.9. The van der Waals surface area contributed by atoms with Crippen LogP contribution in [0.25, 0.3) is 0 Å². The first kappa shape index (κ1) is 24.1. The van der Waals surface area contributed by atoms with E-state index in [4.69, 9.17) is 23.2 Å². The minimum absolute atomic E-state index is 0.155. The van der Waals surface area contributed by atoms with Crippen molar-refractivity contribution in [3.8, 4) is 0 Å². The summed E-state index contributed by atoms with van der Waals surface area (Å²) in [5.41, 5.74) is 3.37. The average molecular weight is 496 g/mol. The summed E-state index contributed by atoms with van der Waals surface area (Å²) in [6, 6.07) is 19.9. The van der Waals surface area contributed by atoms with E-state index in [-0.39, 0.29) is 17.9 Å². The standard InChI is InChI=1S/C27H27Cl2N3O2/c1-18(19-8-4-2-5-9-19)30-27(34)22-17-21(11-13-25(22)32-14-6-3-7-15-32)31-26(33)20-10-12-23(28)24(29)16-20/h2,4-5,8-13,16-18H,3,6-7,14-15H2,1H3,(H,30,34)(H,31,33). The van der Waals surface area contributed by atoms with Crippen LogP contribution in [0.15, 0.2) is 66.7 Å². The van der Waals surface area contributed by atoms with Crippen LogP contribution < -0.4 is 15.5 Å². The van der Waals surface area contributed by atoms with Crippen LogP contribution in [0.5, 0.6) is 0 Å². The largest absolute Gasteiger partial charge is 0.371 e. The lowest BCUT2D eigenvalue weighted by molar-refractivity contribution is 0.0939. The zero-order valence-corrected chi connectivity index (χ0v) is 20.5. The Labute approximate surface area is 210 Å². The first-order valence-corrected chi connectivity index (χ1v) is 12.2. The molecule has 2 N–H and O–H groups in total. The summed E-state index contributed by atoms with van der Waals surface area (Å²) in [6.45, 7) is 3.77. The Hall–Kier alpha value is -3.02. The highest BCUT2D eigenvalue weighted by Crippen LogP contribution is 2.29. The highest BCUT2D eigenvalue weighted by atomic mass is 35.5. The molecule has 0 aromatic heterocycles. The molecule has 1 aliphatic heterocycles. The van der Waals surface area contributed by atoms with E-state index in [0.29, 0.717) is 26.9 Å². The second-order valence-corrected chi connectivity index (χ2v) is 9.28. The predicted molar refractivity (Wildman–Crippen MR) is 139 cm³/mol. The van der Waals surface area contributed by atoms with Crippen LogP contribution in [0.2, 0.25) is 10.0 Å². The van der Waals surface area contributed by atoms with Gasteiger partial charge in [0, 0.05) is 30.0 Å². The third kappa shape index (κ3) is 5.72. The molecule has 0 bridgehead atoms. The van der Waals surface area contributed by atoms with E-state index in [1.165, 1.54) is 12.5 Å². The lowest BCUT2D eigenvalue weighted by atomic mass is 10.0. The first-order valence-electron chi connectivity index (χ1n) is 11.4. The zero-order valence-electron chi connectivity index (χ0n) is 19.0. The van der Waals surface area contributed by atoms with Crippen molar-refractivity contribution >= 4 is 46.4 Å². The predicted octanol–water partition coefficient (Wildman–Crippen LogP) is 6.73. The number of piperidine rings is 1. The molecule has 0 spiro atoms. The van der Waals surface area contributed by atoms with Crippen LogP contribution in [0.1, 0.15) is 58.5 Å². The molecule has 1 saturated heterocycles. The maximum Gasteiger partial charge on any atom is 0.255 e. The Morgan fingerprint density at radius 1 is 0.853 bits per heavy atom. The van der Waals surface area contributed by atoms with E-state index in [0.717, 1.165) is 37.2 Å². The maximum atomic E-state index is 13.4. The quantitative estimate of drug-likeness (QED) is 0.398. The van der Waals surface area contributed by atoms with Crippen molar-refractivity contribution in [3.63, 3.8) is 0 Å². The van der Waals surface area contributed by atoms with Crippen LogP contribution in [0.3, 0.4) is 0 Å². The number of halogens is 2. The van der Waals surface area contributed by atoms with E-state index in [1.54, 1.807) is 18.2 Å². The Morgan fingerprint density at radius 2 is 1.59 bits per heavy atom. The topological polar surface area (TPSA) is 61.4 Å². The Kier molecular flexibility index (Phi) is 7.76. The molecule has 5 nitrogen and oxygen atoms in total. The van der Waals surface area contributed by atoms with Crippen LogP contribution in [0, 0.1) is 0 Å². The normalized spacial score (nSPS) is 14.4. The number of carbonyl (C=O) groups excluding carboxylic acids is 2. The Bertz CT molecular complexity index is 1180. The molecular weight excluding hydrogens is 469 g/mol. The third-order valence-electron chi connectivity index (χ3n) is 6.02. The SMILES string of the molecule is CC(NC(=O)c1cc(NC(=O)c2ccc(Cl)c(Cl)c2)ccc1N1CCCCC1)c1ccccc1. The van der Waals surface area contributed by atoms with Crippen molar-refractivity contribution < 1.29 is 9.59 Å². The smallest absolute Gasteiger partial charge is 0.255 e. The highest BCUT2D eigenvalue weighted by Gasteiger charge is 2.21. The monoisotopic (exact) mass is 495 g/mol. The molecule has 2 amide bonds. The summed E-state index contributed by atoms with van der Waals surface area (Å²) in [7, 11) is 0. The molecule has 4 rings (SSSR count). The molecule has 1 unspecified atom stereocenters. The summed E-state index contributed by atoms with van der Waals surface area (Å²) < 4.78 is 0. The molecule has 7 heteroatoms. The van der Waals surface area contributed by atoms with Gasteiger partial charge in [0.1, 0.15) is 0 Å². The minimum atomic E-state index is -0.326. The van der Waals surface area contributed by atoms with Gasteiger partial charge in [-0.3, -0.25) is 9.59 Å². The van der Waals surface area contributed by atoms with Gasteiger partial charge >= 0.3 is 0 Å². The van der Waals surface area contributed by atoms with Gasteiger partial charge in [0.05, 0.1) is 21.7 Å². The number of anilines is 2. The molecular formula is C27H27Cl2N3O2. The summed E-state index contributed by atoms with van der Waals surface area (Å²) in [5, 5.41) is 6.68. The molecule has 176 valence electrons. The molecule has 0 aliphatic carbocycles. The van der Waals surface area contributed by atoms with Crippen LogP contribution in [0.4, 0.5) is 11.4 Å². The fourth-order valence-electron chi connectivity index (χ4n) is 4.15. The summed E-state index contributed by atoms with van der Waals surface area (Å²) >= 11 is 12.0. The van der Waals surface area contributed by atoms with E-state index in [9.17, 15) is 9.59 Å². The molecule has 3 aromatic carbocycles. The first-order chi connectivity index (χ1) is 16.4. The summed E-state index contributed by atoms with van der Waals surface area (Å²) in [5.74, 6) is -0.504. The minimum Gasteiger partial charge on any atom is -0.371 e. The van der Waals surface area contributed by atoms with Gasteiger partial charge in [0.25, 0.3) is 11.8 Å². The molecule has 1 atom stereocenters. The average Bonchev–Trinajstić information content (AvgIpc) is 2.86. The number of carbonyl (C=O) groups is 2. The van der Waals surface area contributed by atoms with Crippen molar-refractivity contribution in [1.82, 2.24) is 5.32 Å². The molecule has 1 aliphatic rings. The number of amides is 2. The zero-order chi connectivity index (χ0) is 24.1. The van der Waals surface area contributed by atoms with Crippen molar-refractivity contribution in [2.24, 2.45) is 0 Å². The van der Waals surface area contributed by atoms with Gasteiger partial charge in [-0.05, 0) is 68.1 Å². The fourth-order valence-corrected chi connectivity index (χ4v) is 4.44. The van der Waals surface area contributed by atoms with Crippen LogP contribution >= 0.6 is 23.2 Å². The van der Waals surface area contributed by atoms with Crippen molar-refractivity contribution in [2.75, 3.05) is 23.3 Å². The van der Waals surface area contributed by atoms with E-state index >= 15 is 0 Å². The fraction of sp³-hybridized carbons (Fsp3) is 0.259. The number of rotatable bonds is 6. The Morgan fingerprint density at radius 3 is 2.29 bits per heavy atom. The number of nitrogens with zero attached hydrogens (tertiary/aromatic N) is 1. The van der Waals surface area contributed by atoms with Gasteiger partial charge in [-0.1, -0.05) is 53.5 Å². The van der Waals surface area contributed by atoms with E-state index in [1.807, 2.05) is 49.4 Å². The van der Waals surface area contributed by atoms with Gasteiger partial charge in [0.15, 0.2) is 0 Å². The van der Waals surface area contributed by atoms with Gasteiger partial charge in [-0.25, -0.2) is 0 Å². The van der Waals surface area contributed by atoms with Crippen molar-refractivity contribution in [2.45, 2.75) is 32.2 Å². The maximum absolute atomic E-state index is 13.4. The van der Waals surface area contributed by atoms with Crippen molar-refractivity contribution in [3.05, 3.63) is 93.5 Å². The van der Waals surface area contributed by atoms with Crippen molar-refractivity contribution in [1.29, 1.82) is 0 Å². The van der Waals surface area contributed by atoms with Crippen LogP contribution in [-0.4, -0.2) is 24.9 Å². The highest BCUT2D eigenvalue weighted by molar-refractivity contribution is 6.42. The third-order valence-corrected chi connectivity index (χ3v) is 6.76. The van der Waals surface area contributed by atoms with E-state index in [2.05, 4.69) is 15.5 Å². The number of nitrogens with one attached hydrogen (secondary N) is 2.